The quantitative estimate of drug-likeness (QED) is 0.670. The summed E-state index contributed by atoms with van der Waals surface area (Å²) in [6.07, 6.45) is 0.215. The lowest BCUT2D eigenvalue weighted by molar-refractivity contribution is -0.121. The Morgan fingerprint density at radius 2 is 1.87 bits per heavy atom. The van der Waals surface area contributed by atoms with Gasteiger partial charge < -0.3 is 10.1 Å². The fourth-order valence-electron chi connectivity index (χ4n) is 1.74. The van der Waals surface area contributed by atoms with Crippen LogP contribution in [0.1, 0.15) is 6.42 Å². The molecule has 1 heterocycles. The number of carbonyl (C=O) groups is 1. The van der Waals surface area contributed by atoms with Crippen LogP contribution in [0.4, 0.5) is 0 Å². The Morgan fingerprint density at radius 1 is 1.09 bits per heavy atom. The zero-order chi connectivity index (χ0) is 16.5. The standard InChI is InChI=1S/C15H18N2O4S2/c18-14(8-11-21-13-5-2-1-3-6-13)16-9-10-17-23(19,20)15-7-4-12-22-15/h1-7,12,17H,8-11H2,(H,16,18). The van der Waals surface area contributed by atoms with Gasteiger partial charge in [0.2, 0.25) is 15.9 Å². The first-order chi connectivity index (χ1) is 11.1. The van der Waals surface area contributed by atoms with Crippen molar-refractivity contribution in [3.8, 4) is 5.75 Å². The molecule has 1 aromatic carbocycles. The number of nitrogens with one attached hydrogen (secondary N) is 2. The average molecular weight is 354 g/mol. The summed E-state index contributed by atoms with van der Waals surface area (Å²) in [7, 11) is -3.48. The lowest BCUT2D eigenvalue weighted by Crippen LogP contribution is -2.34. The van der Waals surface area contributed by atoms with E-state index in [0.717, 1.165) is 11.3 Å². The number of hydrogen-bond acceptors (Lipinski definition) is 5. The molecule has 0 fully saturated rings. The predicted octanol–water partition coefficient (Wildman–Crippen LogP) is 1.61. The minimum atomic E-state index is -3.48. The molecule has 2 rings (SSSR count). The molecule has 1 aromatic heterocycles. The van der Waals surface area contributed by atoms with Crippen molar-refractivity contribution in [2.45, 2.75) is 10.6 Å². The van der Waals surface area contributed by atoms with Crippen LogP contribution in [0.15, 0.2) is 52.1 Å². The van der Waals surface area contributed by atoms with Gasteiger partial charge in [-0.3, -0.25) is 4.79 Å². The molecular formula is C15H18N2O4S2. The van der Waals surface area contributed by atoms with Crippen molar-refractivity contribution >= 4 is 27.3 Å². The van der Waals surface area contributed by atoms with Gasteiger partial charge in [-0.2, -0.15) is 0 Å². The summed E-state index contributed by atoms with van der Waals surface area (Å²) in [6.45, 7) is 0.650. The number of ether oxygens (including phenoxy) is 1. The van der Waals surface area contributed by atoms with Crippen LogP contribution >= 0.6 is 11.3 Å². The van der Waals surface area contributed by atoms with Crippen LogP contribution in [-0.2, 0) is 14.8 Å². The highest BCUT2D eigenvalue weighted by Gasteiger charge is 2.13. The molecule has 2 N–H and O–H groups in total. The zero-order valence-electron chi connectivity index (χ0n) is 12.4. The van der Waals surface area contributed by atoms with E-state index in [4.69, 9.17) is 4.74 Å². The van der Waals surface area contributed by atoms with Gasteiger partial charge in [0.15, 0.2) is 0 Å². The van der Waals surface area contributed by atoms with E-state index in [1.807, 2.05) is 30.3 Å². The number of carbonyl (C=O) groups excluding carboxylic acids is 1. The van der Waals surface area contributed by atoms with E-state index in [9.17, 15) is 13.2 Å². The van der Waals surface area contributed by atoms with Gasteiger partial charge >= 0.3 is 0 Å². The van der Waals surface area contributed by atoms with Crippen molar-refractivity contribution in [2.75, 3.05) is 19.7 Å². The number of benzene rings is 1. The van der Waals surface area contributed by atoms with Crippen LogP contribution in [0.3, 0.4) is 0 Å². The van der Waals surface area contributed by atoms with Crippen LogP contribution in [-0.4, -0.2) is 34.0 Å². The molecule has 124 valence electrons. The molecule has 0 aliphatic rings. The summed E-state index contributed by atoms with van der Waals surface area (Å²) >= 11 is 1.15. The average Bonchev–Trinajstić information content (AvgIpc) is 3.08. The van der Waals surface area contributed by atoms with Gasteiger partial charge in [-0.15, -0.1) is 11.3 Å². The van der Waals surface area contributed by atoms with E-state index < -0.39 is 10.0 Å². The number of sulfonamides is 1. The highest BCUT2D eigenvalue weighted by Crippen LogP contribution is 2.14. The number of para-hydroxylation sites is 1. The maximum atomic E-state index is 11.8. The third-order valence-electron chi connectivity index (χ3n) is 2.84. The van der Waals surface area contributed by atoms with Gasteiger partial charge in [0.05, 0.1) is 13.0 Å². The van der Waals surface area contributed by atoms with Gasteiger partial charge in [-0.05, 0) is 23.6 Å². The van der Waals surface area contributed by atoms with Crippen molar-refractivity contribution in [3.63, 3.8) is 0 Å². The fraction of sp³-hybridized carbons (Fsp3) is 0.267. The molecule has 0 unspecified atom stereocenters. The maximum Gasteiger partial charge on any atom is 0.250 e. The van der Waals surface area contributed by atoms with Crippen LogP contribution in [0.2, 0.25) is 0 Å². The summed E-state index contributed by atoms with van der Waals surface area (Å²) in [6, 6.07) is 12.4. The largest absolute Gasteiger partial charge is 0.493 e. The predicted molar refractivity (Wildman–Crippen MR) is 89.1 cm³/mol. The van der Waals surface area contributed by atoms with E-state index in [2.05, 4.69) is 10.0 Å². The molecule has 0 bridgehead atoms. The summed E-state index contributed by atoms with van der Waals surface area (Å²) in [5.74, 6) is 0.528. The molecule has 2 aromatic rings. The van der Waals surface area contributed by atoms with Gasteiger partial charge in [-0.25, -0.2) is 13.1 Å². The van der Waals surface area contributed by atoms with Gasteiger partial charge in [0.25, 0.3) is 0 Å². The normalized spacial score (nSPS) is 11.1. The molecule has 8 heteroatoms. The Morgan fingerprint density at radius 3 is 2.57 bits per heavy atom. The van der Waals surface area contributed by atoms with Crippen LogP contribution < -0.4 is 14.8 Å². The van der Waals surface area contributed by atoms with Gasteiger partial charge in [-0.1, -0.05) is 24.3 Å². The highest BCUT2D eigenvalue weighted by molar-refractivity contribution is 7.91. The first-order valence-corrected chi connectivity index (χ1v) is 9.42. The zero-order valence-corrected chi connectivity index (χ0v) is 14.0. The fourth-order valence-corrected chi connectivity index (χ4v) is 3.81. The van der Waals surface area contributed by atoms with Crippen molar-refractivity contribution in [3.05, 3.63) is 47.8 Å². The Hall–Kier alpha value is -1.90. The number of hydrogen-bond donors (Lipinski definition) is 2. The van der Waals surface area contributed by atoms with Crippen molar-refractivity contribution in [2.24, 2.45) is 0 Å². The van der Waals surface area contributed by atoms with E-state index >= 15 is 0 Å². The van der Waals surface area contributed by atoms with Crippen LogP contribution in [0.5, 0.6) is 5.75 Å². The summed E-state index contributed by atoms with van der Waals surface area (Å²) in [4.78, 5) is 11.6. The monoisotopic (exact) mass is 354 g/mol. The molecule has 0 spiro atoms. The molecule has 0 saturated heterocycles. The lowest BCUT2D eigenvalue weighted by Gasteiger charge is -2.08. The molecule has 0 radical (unpaired) electrons. The molecule has 1 amide bonds. The summed E-state index contributed by atoms with van der Waals surface area (Å²) < 4.78 is 31.8. The number of thiophene rings is 1. The molecule has 0 saturated carbocycles. The highest BCUT2D eigenvalue weighted by atomic mass is 32.2. The van der Waals surface area contributed by atoms with Crippen molar-refractivity contribution in [1.29, 1.82) is 0 Å². The molecule has 0 aliphatic heterocycles. The van der Waals surface area contributed by atoms with Crippen molar-refractivity contribution < 1.29 is 17.9 Å². The minimum Gasteiger partial charge on any atom is -0.493 e. The first kappa shape index (κ1) is 17.5. The lowest BCUT2D eigenvalue weighted by atomic mass is 10.3. The number of amides is 1. The van der Waals surface area contributed by atoms with Crippen LogP contribution in [0, 0.1) is 0 Å². The minimum absolute atomic E-state index is 0.144. The second kappa shape index (κ2) is 8.66. The number of rotatable bonds is 9. The summed E-state index contributed by atoms with van der Waals surface area (Å²) in [5, 5.41) is 4.34. The van der Waals surface area contributed by atoms with Gasteiger partial charge in [0, 0.05) is 13.1 Å². The third-order valence-corrected chi connectivity index (χ3v) is 5.70. The third kappa shape index (κ3) is 6.01. The van der Waals surface area contributed by atoms with E-state index in [0.29, 0.717) is 5.75 Å². The second-order valence-electron chi connectivity index (χ2n) is 4.59. The maximum absolute atomic E-state index is 11.8. The second-order valence-corrected chi connectivity index (χ2v) is 7.53. The topological polar surface area (TPSA) is 84.5 Å². The smallest absolute Gasteiger partial charge is 0.250 e. The molecular weight excluding hydrogens is 336 g/mol. The Kier molecular flexibility index (Phi) is 6.57. The Bertz CT molecular complexity index is 700. The Balaban J connectivity index is 1.60. The molecule has 23 heavy (non-hydrogen) atoms. The van der Waals surface area contributed by atoms with E-state index in [1.54, 1.807) is 11.4 Å². The van der Waals surface area contributed by atoms with E-state index in [1.165, 1.54) is 6.07 Å². The van der Waals surface area contributed by atoms with Crippen LogP contribution in [0.25, 0.3) is 0 Å². The summed E-state index contributed by atoms with van der Waals surface area (Å²) in [5.41, 5.74) is 0. The SMILES string of the molecule is O=C(CCOc1ccccc1)NCCNS(=O)(=O)c1cccs1. The van der Waals surface area contributed by atoms with E-state index in [-0.39, 0.29) is 36.2 Å². The molecule has 0 aliphatic carbocycles. The molecule has 0 atom stereocenters. The van der Waals surface area contributed by atoms with Gasteiger partial charge in [0.1, 0.15) is 9.96 Å². The van der Waals surface area contributed by atoms with Crippen molar-refractivity contribution in [1.82, 2.24) is 10.0 Å². The molecule has 6 nitrogen and oxygen atoms in total. The first-order valence-electron chi connectivity index (χ1n) is 7.06. The Labute approximate surface area is 139 Å².